The Morgan fingerprint density at radius 2 is 1.91 bits per heavy atom. The van der Waals surface area contributed by atoms with Gasteiger partial charge in [-0.05, 0) is 43.3 Å². The third-order valence-electron chi connectivity index (χ3n) is 5.54. The van der Waals surface area contributed by atoms with Crippen LogP contribution in [0.3, 0.4) is 0 Å². The molecule has 2 N–H and O–H groups in total. The predicted molar refractivity (Wildman–Crippen MR) is 122 cm³/mol. The number of nitrogens with zero attached hydrogens (tertiary/aromatic N) is 2. The van der Waals surface area contributed by atoms with E-state index in [0.717, 1.165) is 39.3 Å². The molecule has 2 aliphatic rings. The van der Waals surface area contributed by atoms with E-state index in [0.29, 0.717) is 39.7 Å². The lowest BCUT2D eigenvalue weighted by Gasteiger charge is -2.26. The Labute approximate surface area is 190 Å². The molecule has 0 aromatic heterocycles. The van der Waals surface area contributed by atoms with Gasteiger partial charge in [0.1, 0.15) is 0 Å². The van der Waals surface area contributed by atoms with Gasteiger partial charge in [-0.25, -0.2) is 14.6 Å². The second-order valence-electron chi connectivity index (χ2n) is 7.66. The molecule has 1 unspecified atom stereocenters. The average Bonchev–Trinajstić information content (AvgIpc) is 2.92. The van der Waals surface area contributed by atoms with Gasteiger partial charge in [-0.15, -0.1) is 0 Å². The van der Waals surface area contributed by atoms with Crippen molar-refractivity contribution < 1.29 is 18.5 Å². The summed E-state index contributed by atoms with van der Waals surface area (Å²) in [6, 6.07) is 11.9. The number of hydrogen-bond acceptors (Lipinski definition) is 6. The van der Waals surface area contributed by atoms with Gasteiger partial charge in [-0.1, -0.05) is 19.1 Å². The number of hydrazine groups is 1. The van der Waals surface area contributed by atoms with Crippen LogP contribution >= 0.6 is 0 Å². The quantitative estimate of drug-likeness (QED) is 0.618. The summed E-state index contributed by atoms with van der Waals surface area (Å²) in [7, 11) is -1.53. The first-order chi connectivity index (χ1) is 15.6. The largest absolute Gasteiger partial charge is 0.379 e. The van der Waals surface area contributed by atoms with Crippen LogP contribution in [0.1, 0.15) is 34.1 Å². The zero-order valence-electron chi connectivity index (χ0n) is 18.1. The zero-order valence-corrected chi connectivity index (χ0v) is 19.0. The number of anilines is 1. The molecule has 2 heterocycles. The molecule has 0 spiro atoms. The summed E-state index contributed by atoms with van der Waals surface area (Å²) in [5, 5.41) is 4.35. The number of morpholine rings is 1. The number of hydrogen-bond donors (Lipinski definition) is 2. The second kappa shape index (κ2) is 10.4. The SMILES string of the molecule is CCNN1C(=O)c2ccccc2S(=O)c2ccc(C(=O)NCCCN3CCOCC3)cc21. The first-order valence-corrected chi connectivity index (χ1v) is 12.1. The first kappa shape index (κ1) is 22.6. The molecule has 2 aromatic carbocycles. The molecule has 8 nitrogen and oxygen atoms in total. The van der Waals surface area contributed by atoms with E-state index in [-0.39, 0.29) is 11.8 Å². The van der Waals surface area contributed by atoms with E-state index in [1.807, 2.05) is 6.92 Å². The van der Waals surface area contributed by atoms with Gasteiger partial charge >= 0.3 is 0 Å². The summed E-state index contributed by atoms with van der Waals surface area (Å²) in [6.07, 6.45) is 0.845. The smallest absolute Gasteiger partial charge is 0.273 e. The lowest BCUT2D eigenvalue weighted by Crippen LogP contribution is -2.43. The number of benzene rings is 2. The third kappa shape index (κ3) is 4.75. The van der Waals surface area contributed by atoms with Crippen molar-refractivity contribution in [3.63, 3.8) is 0 Å². The Morgan fingerprint density at radius 3 is 2.69 bits per heavy atom. The maximum absolute atomic E-state index is 13.3. The molecule has 170 valence electrons. The molecule has 9 heteroatoms. The van der Waals surface area contributed by atoms with Crippen LogP contribution in [0, 0.1) is 0 Å². The summed E-state index contributed by atoms with van der Waals surface area (Å²) in [4.78, 5) is 29.3. The fourth-order valence-electron chi connectivity index (χ4n) is 3.89. The summed E-state index contributed by atoms with van der Waals surface area (Å²) < 4.78 is 18.6. The van der Waals surface area contributed by atoms with Gasteiger partial charge in [0.2, 0.25) is 0 Å². The Bertz CT molecular complexity index is 1020. The maximum Gasteiger partial charge on any atom is 0.273 e. The topological polar surface area (TPSA) is 91.0 Å². The number of ether oxygens (including phenoxy) is 1. The van der Waals surface area contributed by atoms with E-state index in [4.69, 9.17) is 4.74 Å². The molecule has 1 atom stereocenters. The first-order valence-electron chi connectivity index (χ1n) is 10.9. The molecule has 1 saturated heterocycles. The van der Waals surface area contributed by atoms with Crippen molar-refractivity contribution >= 4 is 28.3 Å². The number of amides is 2. The van der Waals surface area contributed by atoms with Crippen LogP contribution < -0.4 is 15.8 Å². The van der Waals surface area contributed by atoms with Gasteiger partial charge < -0.3 is 10.1 Å². The van der Waals surface area contributed by atoms with Crippen LogP contribution in [-0.2, 0) is 15.5 Å². The third-order valence-corrected chi connectivity index (χ3v) is 7.04. The van der Waals surface area contributed by atoms with E-state index in [2.05, 4.69) is 15.6 Å². The van der Waals surface area contributed by atoms with E-state index >= 15 is 0 Å². The number of rotatable bonds is 7. The number of nitrogens with one attached hydrogen (secondary N) is 2. The fraction of sp³-hybridized carbons (Fsp3) is 0.391. The molecule has 0 bridgehead atoms. The normalized spacial score (nSPS) is 18.6. The number of fused-ring (bicyclic) bond motifs is 2. The van der Waals surface area contributed by atoms with Crippen molar-refractivity contribution in [1.82, 2.24) is 15.6 Å². The summed E-state index contributed by atoms with van der Waals surface area (Å²) in [5.41, 5.74) is 4.30. The molecule has 2 amide bonds. The Balaban J connectivity index is 1.51. The van der Waals surface area contributed by atoms with Crippen molar-refractivity contribution in [3.8, 4) is 0 Å². The van der Waals surface area contributed by atoms with Crippen LogP contribution in [0.15, 0.2) is 52.3 Å². The van der Waals surface area contributed by atoms with Gasteiger partial charge in [-0.2, -0.15) is 0 Å². The fourth-order valence-corrected chi connectivity index (χ4v) is 5.22. The van der Waals surface area contributed by atoms with Crippen LogP contribution in [0.5, 0.6) is 0 Å². The Hall–Kier alpha value is -2.59. The molecule has 0 aliphatic carbocycles. The van der Waals surface area contributed by atoms with Gasteiger partial charge in [0.15, 0.2) is 0 Å². The second-order valence-corrected chi connectivity index (χ2v) is 9.08. The van der Waals surface area contributed by atoms with Crippen LogP contribution in [-0.4, -0.2) is 66.9 Å². The maximum atomic E-state index is 13.3. The highest BCUT2D eigenvalue weighted by Crippen LogP contribution is 2.34. The monoisotopic (exact) mass is 456 g/mol. The van der Waals surface area contributed by atoms with Crippen molar-refractivity contribution in [3.05, 3.63) is 53.6 Å². The highest BCUT2D eigenvalue weighted by atomic mass is 32.2. The summed E-state index contributed by atoms with van der Waals surface area (Å²) in [6.45, 7) is 7.21. The molecule has 0 saturated carbocycles. The van der Waals surface area contributed by atoms with Crippen molar-refractivity contribution in [2.24, 2.45) is 0 Å². The van der Waals surface area contributed by atoms with Crippen molar-refractivity contribution in [2.75, 3.05) is 50.9 Å². The Kier molecular flexibility index (Phi) is 7.31. The lowest BCUT2D eigenvalue weighted by atomic mass is 10.1. The molecule has 4 rings (SSSR count). The molecular formula is C23H28N4O4S. The Morgan fingerprint density at radius 1 is 1.12 bits per heavy atom. The number of carbonyl (C=O) groups excluding carboxylic acids is 2. The van der Waals surface area contributed by atoms with Crippen LogP contribution in [0.2, 0.25) is 0 Å². The molecule has 32 heavy (non-hydrogen) atoms. The van der Waals surface area contributed by atoms with Gasteiger partial charge in [0, 0.05) is 31.7 Å². The lowest BCUT2D eigenvalue weighted by molar-refractivity contribution is 0.0374. The zero-order chi connectivity index (χ0) is 22.5. The van der Waals surface area contributed by atoms with Gasteiger partial charge in [0.25, 0.3) is 11.8 Å². The highest BCUT2D eigenvalue weighted by Gasteiger charge is 2.31. The van der Waals surface area contributed by atoms with E-state index in [9.17, 15) is 13.8 Å². The van der Waals surface area contributed by atoms with E-state index < -0.39 is 10.8 Å². The van der Waals surface area contributed by atoms with Gasteiger partial charge in [-0.3, -0.25) is 14.5 Å². The predicted octanol–water partition coefficient (Wildman–Crippen LogP) is 1.79. The summed E-state index contributed by atoms with van der Waals surface area (Å²) >= 11 is 0. The molecular weight excluding hydrogens is 428 g/mol. The molecule has 0 radical (unpaired) electrons. The van der Waals surface area contributed by atoms with Crippen molar-refractivity contribution in [1.29, 1.82) is 0 Å². The standard InChI is InChI=1S/C23H28N4O4S/c1-2-25-27-19-16-17(22(28)24-10-5-11-26-12-14-31-15-13-26)8-9-21(19)32(30)20-7-4-3-6-18(20)23(27)29/h3-4,6-9,16,25H,2,5,10-15H2,1H3,(H,24,28). The minimum absolute atomic E-state index is 0.216. The van der Waals surface area contributed by atoms with Crippen LogP contribution in [0.4, 0.5) is 5.69 Å². The minimum Gasteiger partial charge on any atom is -0.379 e. The molecule has 2 aliphatic heterocycles. The highest BCUT2D eigenvalue weighted by molar-refractivity contribution is 7.85. The van der Waals surface area contributed by atoms with Crippen LogP contribution in [0.25, 0.3) is 0 Å². The van der Waals surface area contributed by atoms with E-state index in [1.165, 1.54) is 5.01 Å². The molecule has 2 aromatic rings. The number of carbonyl (C=O) groups is 2. The summed E-state index contributed by atoms with van der Waals surface area (Å²) in [5.74, 6) is -0.510. The molecule has 1 fully saturated rings. The van der Waals surface area contributed by atoms with Gasteiger partial charge in [0.05, 0.1) is 45.1 Å². The minimum atomic E-state index is -1.53. The van der Waals surface area contributed by atoms with E-state index in [1.54, 1.807) is 42.5 Å². The average molecular weight is 457 g/mol. The van der Waals surface area contributed by atoms with Crippen molar-refractivity contribution in [2.45, 2.75) is 23.1 Å².